The molecule has 1 atom stereocenters. The molecule has 0 bridgehead atoms. The van der Waals surface area contributed by atoms with Gasteiger partial charge in [0, 0.05) is 12.6 Å². The van der Waals surface area contributed by atoms with E-state index in [-0.39, 0.29) is 11.9 Å². The molecule has 1 unspecified atom stereocenters. The highest BCUT2D eigenvalue weighted by atomic mass is 16.1. The molecule has 0 aliphatic heterocycles. The predicted octanol–water partition coefficient (Wildman–Crippen LogP) is 1.26. The summed E-state index contributed by atoms with van der Waals surface area (Å²) in [5, 5.41) is 6.76. The van der Waals surface area contributed by atoms with Crippen LogP contribution in [-0.4, -0.2) is 25.7 Å². The summed E-state index contributed by atoms with van der Waals surface area (Å²) in [5.41, 5.74) is 0.697. The van der Waals surface area contributed by atoms with Crippen LogP contribution in [0.1, 0.15) is 19.4 Å². The van der Waals surface area contributed by atoms with Crippen LogP contribution >= 0.6 is 0 Å². The minimum absolute atomic E-state index is 0.0193. The molecule has 0 aliphatic rings. The van der Waals surface area contributed by atoms with Crippen LogP contribution in [0.3, 0.4) is 0 Å². The van der Waals surface area contributed by atoms with Gasteiger partial charge in [-0.05, 0) is 19.1 Å². The third-order valence-corrected chi connectivity index (χ3v) is 2.31. The highest BCUT2D eigenvalue weighted by Crippen LogP contribution is 2.10. The largest absolute Gasteiger partial charge is 0.325 e. The Morgan fingerprint density at radius 3 is 3.06 bits per heavy atom. The van der Waals surface area contributed by atoms with Crippen LogP contribution in [0.25, 0.3) is 0 Å². The number of rotatable bonds is 4. The van der Waals surface area contributed by atoms with Crippen molar-refractivity contribution < 1.29 is 4.79 Å². The summed E-state index contributed by atoms with van der Waals surface area (Å²) in [4.78, 5) is 19.5. The number of carbonyl (C=O) groups excluding carboxylic acids is 1. The van der Waals surface area contributed by atoms with Crippen molar-refractivity contribution in [2.24, 2.45) is 0 Å². The van der Waals surface area contributed by atoms with Crippen molar-refractivity contribution in [3.8, 4) is 0 Å². The maximum atomic E-state index is 11.7. The summed E-state index contributed by atoms with van der Waals surface area (Å²) in [6.07, 6.45) is 6.67. The van der Waals surface area contributed by atoms with Crippen molar-refractivity contribution in [1.29, 1.82) is 0 Å². The lowest BCUT2D eigenvalue weighted by molar-refractivity contribution is -0.116. The fraction of sp³-hybridized carbons (Fsp3) is 0.273. The Hall–Kier alpha value is -2.24. The van der Waals surface area contributed by atoms with Gasteiger partial charge in [0.05, 0.1) is 17.9 Å². The monoisotopic (exact) mass is 231 g/mol. The Labute approximate surface area is 98.7 Å². The molecule has 0 saturated heterocycles. The van der Waals surface area contributed by atoms with Gasteiger partial charge in [-0.1, -0.05) is 0 Å². The van der Waals surface area contributed by atoms with Crippen LogP contribution in [-0.2, 0) is 4.79 Å². The van der Waals surface area contributed by atoms with E-state index in [1.165, 1.54) is 6.33 Å². The number of pyridine rings is 1. The average Bonchev–Trinajstić information content (AvgIpc) is 2.83. The maximum absolute atomic E-state index is 11.7. The Morgan fingerprint density at radius 2 is 2.41 bits per heavy atom. The second-order valence-corrected chi connectivity index (χ2v) is 3.72. The van der Waals surface area contributed by atoms with Crippen LogP contribution in [0.4, 0.5) is 5.69 Å². The van der Waals surface area contributed by atoms with Gasteiger partial charge in [0.2, 0.25) is 5.91 Å². The van der Waals surface area contributed by atoms with Crippen molar-refractivity contribution in [2.75, 3.05) is 5.32 Å². The summed E-state index contributed by atoms with van der Waals surface area (Å²) >= 11 is 0. The van der Waals surface area contributed by atoms with Crippen LogP contribution in [0.15, 0.2) is 37.2 Å². The Morgan fingerprint density at radius 1 is 1.53 bits per heavy atom. The van der Waals surface area contributed by atoms with Gasteiger partial charge in [0.15, 0.2) is 0 Å². The van der Waals surface area contributed by atoms with Crippen LogP contribution < -0.4 is 5.32 Å². The first-order valence-corrected chi connectivity index (χ1v) is 5.29. The number of hydrogen-bond donors (Lipinski definition) is 1. The average molecular weight is 231 g/mol. The third-order valence-electron chi connectivity index (χ3n) is 2.31. The molecule has 2 aromatic heterocycles. The molecule has 17 heavy (non-hydrogen) atoms. The zero-order valence-corrected chi connectivity index (χ0v) is 9.45. The standard InChI is InChI=1S/C11H13N5O/c1-9(16-8-13-7-14-16)5-11(17)15-10-3-2-4-12-6-10/h2-4,6-9H,5H2,1H3,(H,15,17). The summed E-state index contributed by atoms with van der Waals surface area (Å²) in [5.74, 6) is -0.0685. The minimum atomic E-state index is -0.0685. The molecule has 6 nitrogen and oxygen atoms in total. The topological polar surface area (TPSA) is 72.7 Å². The number of aromatic nitrogens is 4. The fourth-order valence-electron chi connectivity index (χ4n) is 1.46. The Bertz CT molecular complexity index is 468. The van der Waals surface area contributed by atoms with Crippen molar-refractivity contribution in [2.45, 2.75) is 19.4 Å². The maximum Gasteiger partial charge on any atom is 0.226 e. The summed E-state index contributed by atoms with van der Waals surface area (Å²) < 4.78 is 1.66. The van der Waals surface area contributed by atoms with Crippen molar-refractivity contribution >= 4 is 11.6 Å². The molecule has 0 spiro atoms. The molecule has 2 heterocycles. The van der Waals surface area contributed by atoms with Gasteiger partial charge in [0.1, 0.15) is 12.7 Å². The Balaban J connectivity index is 1.90. The molecule has 6 heteroatoms. The second-order valence-electron chi connectivity index (χ2n) is 3.72. The normalized spacial score (nSPS) is 12.1. The van der Waals surface area contributed by atoms with Crippen molar-refractivity contribution in [1.82, 2.24) is 19.7 Å². The van der Waals surface area contributed by atoms with E-state index in [0.717, 1.165) is 0 Å². The zero-order valence-electron chi connectivity index (χ0n) is 9.45. The first-order chi connectivity index (χ1) is 8.25. The lowest BCUT2D eigenvalue weighted by Gasteiger charge is -2.11. The number of nitrogens with zero attached hydrogens (tertiary/aromatic N) is 4. The number of nitrogens with one attached hydrogen (secondary N) is 1. The summed E-state index contributed by atoms with van der Waals surface area (Å²) in [6.45, 7) is 1.91. The molecular weight excluding hydrogens is 218 g/mol. The number of amides is 1. The SMILES string of the molecule is CC(CC(=O)Nc1cccnc1)n1cncn1. The quantitative estimate of drug-likeness (QED) is 0.859. The van der Waals surface area contributed by atoms with E-state index in [4.69, 9.17) is 0 Å². The van der Waals surface area contributed by atoms with E-state index in [2.05, 4.69) is 20.4 Å². The number of carbonyl (C=O) groups is 1. The molecule has 2 aromatic rings. The second kappa shape index (κ2) is 5.20. The van der Waals surface area contributed by atoms with Gasteiger partial charge in [-0.2, -0.15) is 5.10 Å². The zero-order chi connectivity index (χ0) is 12.1. The molecule has 0 aromatic carbocycles. The van der Waals surface area contributed by atoms with E-state index < -0.39 is 0 Å². The van der Waals surface area contributed by atoms with Crippen molar-refractivity contribution in [3.63, 3.8) is 0 Å². The van der Waals surface area contributed by atoms with Gasteiger partial charge in [-0.3, -0.25) is 9.78 Å². The minimum Gasteiger partial charge on any atom is -0.325 e. The highest BCUT2D eigenvalue weighted by molar-refractivity contribution is 5.90. The van der Waals surface area contributed by atoms with Gasteiger partial charge in [0.25, 0.3) is 0 Å². The molecule has 2 rings (SSSR count). The Kier molecular flexibility index (Phi) is 3.44. The van der Waals surface area contributed by atoms with Crippen LogP contribution in [0.5, 0.6) is 0 Å². The lowest BCUT2D eigenvalue weighted by Crippen LogP contribution is -2.17. The molecule has 0 aliphatic carbocycles. The van der Waals surface area contributed by atoms with E-state index in [1.807, 2.05) is 6.92 Å². The molecule has 1 amide bonds. The van der Waals surface area contributed by atoms with E-state index >= 15 is 0 Å². The number of hydrogen-bond acceptors (Lipinski definition) is 4. The van der Waals surface area contributed by atoms with E-state index in [1.54, 1.807) is 35.5 Å². The molecule has 1 N–H and O–H groups in total. The van der Waals surface area contributed by atoms with E-state index in [0.29, 0.717) is 12.1 Å². The highest BCUT2D eigenvalue weighted by Gasteiger charge is 2.11. The van der Waals surface area contributed by atoms with Gasteiger partial charge < -0.3 is 5.32 Å². The molecule has 0 radical (unpaired) electrons. The molecular formula is C11H13N5O. The molecule has 0 fully saturated rings. The fourth-order valence-corrected chi connectivity index (χ4v) is 1.46. The number of anilines is 1. The lowest BCUT2D eigenvalue weighted by atomic mass is 10.2. The first kappa shape index (κ1) is 11.3. The van der Waals surface area contributed by atoms with Gasteiger partial charge >= 0.3 is 0 Å². The summed E-state index contributed by atoms with van der Waals surface area (Å²) in [6, 6.07) is 3.55. The first-order valence-electron chi connectivity index (χ1n) is 5.29. The molecule has 0 saturated carbocycles. The third kappa shape index (κ3) is 3.10. The van der Waals surface area contributed by atoms with Crippen molar-refractivity contribution in [3.05, 3.63) is 37.2 Å². The van der Waals surface area contributed by atoms with Crippen LogP contribution in [0, 0.1) is 0 Å². The van der Waals surface area contributed by atoms with Gasteiger partial charge in [-0.25, -0.2) is 9.67 Å². The molecule has 88 valence electrons. The smallest absolute Gasteiger partial charge is 0.226 e. The van der Waals surface area contributed by atoms with Crippen LogP contribution in [0.2, 0.25) is 0 Å². The predicted molar refractivity (Wildman–Crippen MR) is 62.2 cm³/mol. The van der Waals surface area contributed by atoms with Gasteiger partial charge in [-0.15, -0.1) is 0 Å². The summed E-state index contributed by atoms with van der Waals surface area (Å²) in [7, 11) is 0. The van der Waals surface area contributed by atoms with E-state index in [9.17, 15) is 4.79 Å².